The van der Waals surface area contributed by atoms with Crippen molar-refractivity contribution in [2.45, 2.75) is 19.6 Å². The first kappa shape index (κ1) is 24.0. The van der Waals surface area contributed by atoms with Gasteiger partial charge < -0.3 is 19.1 Å². The van der Waals surface area contributed by atoms with Crippen molar-refractivity contribution < 1.29 is 24.6 Å². The molecule has 4 rings (SSSR count). The van der Waals surface area contributed by atoms with Crippen molar-refractivity contribution in [2.24, 2.45) is 0 Å². The minimum atomic E-state index is -0.610. The van der Waals surface area contributed by atoms with Crippen LogP contribution in [-0.4, -0.2) is 39.5 Å². The molecule has 0 fully saturated rings. The number of carbonyl (C=O) groups is 1. The van der Waals surface area contributed by atoms with Crippen LogP contribution in [0, 0.1) is 0 Å². The van der Waals surface area contributed by atoms with E-state index in [4.69, 9.17) is 19.7 Å². The Bertz CT molecular complexity index is 1330. The number of hydrogen-bond donors (Lipinski definition) is 3. The van der Waals surface area contributed by atoms with E-state index in [-0.39, 0.29) is 6.61 Å². The molecule has 0 spiro atoms. The van der Waals surface area contributed by atoms with Gasteiger partial charge in [0.05, 0.1) is 18.1 Å². The molecule has 180 valence electrons. The topological polar surface area (TPSA) is 106 Å². The second kappa shape index (κ2) is 11.3. The summed E-state index contributed by atoms with van der Waals surface area (Å²) in [5.74, 6) is 1.35. The number of aliphatic hydroxyl groups is 1. The molecule has 8 heteroatoms. The number of methoxy groups -OCH3 is 1. The number of amides is 1. The lowest BCUT2D eigenvalue weighted by Crippen LogP contribution is -2.14. The summed E-state index contributed by atoms with van der Waals surface area (Å²) in [6.45, 7) is 1.07. The van der Waals surface area contributed by atoms with E-state index in [2.05, 4.69) is 4.57 Å². The Morgan fingerprint density at radius 2 is 1.91 bits per heavy atom. The summed E-state index contributed by atoms with van der Waals surface area (Å²) in [7, 11) is 1.60. The maximum absolute atomic E-state index is 11.3. The zero-order valence-corrected chi connectivity index (χ0v) is 19.3. The van der Waals surface area contributed by atoms with Crippen molar-refractivity contribution >= 4 is 23.0 Å². The van der Waals surface area contributed by atoms with Crippen molar-refractivity contribution in [1.29, 1.82) is 0 Å². The second-order valence-electron chi connectivity index (χ2n) is 7.86. The van der Waals surface area contributed by atoms with Crippen LogP contribution in [0.25, 0.3) is 28.5 Å². The van der Waals surface area contributed by atoms with Crippen molar-refractivity contribution in [3.05, 3.63) is 83.9 Å². The van der Waals surface area contributed by atoms with E-state index >= 15 is 0 Å². The molecule has 0 saturated carbocycles. The summed E-state index contributed by atoms with van der Waals surface area (Å²) in [6, 6.07) is 21.3. The monoisotopic (exact) mass is 473 g/mol. The highest BCUT2D eigenvalue weighted by atomic mass is 16.5. The SMILES string of the molecule is COc1cc(-c2nc3cc(C=CC(=O)NO)ccc3n2CCCO)ccc1OCc1ccccc1. The number of ether oxygens (including phenoxy) is 2. The highest BCUT2D eigenvalue weighted by molar-refractivity contribution is 5.92. The summed E-state index contributed by atoms with van der Waals surface area (Å²) in [5.41, 5.74) is 5.89. The number of benzene rings is 3. The average molecular weight is 474 g/mol. The Balaban J connectivity index is 1.68. The summed E-state index contributed by atoms with van der Waals surface area (Å²) in [5, 5.41) is 18.1. The van der Waals surface area contributed by atoms with Crippen molar-refractivity contribution in [3.8, 4) is 22.9 Å². The second-order valence-corrected chi connectivity index (χ2v) is 7.86. The fraction of sp³-hybridized carbons (Fsp3) is 0.185. The lowest BCUT2D eigenvalue weighted by Gasteiger charge is -2.13. The quantitative estimate of drug-likeness (QED) is 0.181. The van der Waals surface area contributed by atoms with Gasteiger partial charge in [-0.2, -0.15) is 0 Å². The number of nitrogens with one attached hydrogen (secondary N) is 1. The molecule has 1 amide bonds. The van der Waals surface area contributed by atoms with E-state index in [9.17, 15) is 9.90 Å². The Labute approximate surface area is 203 Å². The van der Waals surface area contributed by atoms with Crippen LogP contribution in [0.2, 0.25) is 0 Å². The zero-order valence-electron chi connectivity index (χ0n) is 19.3. The van der Waals surface area contributed by atoms with Gasteiger partial charge in [-0.3, -0.25) is 10.0 Å². The third-order valence-corrected chi connectivity index (χ3v) is 5.51. The largest absolute Gasteiger partial charge is 0.493 e. The van der Waals surface area contributed by atoms with Gasteiger partial charge in [0.25, 0.3) is 5.91 Å². The van der Waals surface area contributed by atoms with E-state index in [0.717, 1.165) is 33.5 Å². The molecule has 1 aromatic heterocycles. The van der Waals surface area contributed by atoms with Crippen LogP contribution in [0.15, 0.2) is 72.8 Å². The number of aromatic nitrogens is 2. The molecule has 4 aromatic rings. The van der Waals surface area contributed by atoms with Crippen LogP contribution in [0.3, 0.4) is 0 Å². The highest BCUT2D eigenvalue weighted by Crippen LogP contribution is 2.34. The molecule has 0 unspecified atom stereocenters. The first-order valence-corrected chi connectivity index (χ1v) is 11.2. The molecular formula is C27H27N3O5. The van der Waals surface area contributed by atoms with Gasteiger partial charge in [-0.1, -0.05) is 36.4 Å². The highest BCUT2D eigenvalue weighted by Gasteiger charge is 2.15. The molecule has 3 N–H and O–H groups in total. The van der Waals surface area contributed by atoms with Crippen LogP contribution in [0.5, 0.6) is 11.5 Å². The third kappa shape index (κ3) is 5.68. The normalized spacial score (nSPS) is 11.2. The molecule has 8 nitrogen and oxygen atoms in total. The van der Waals surface area contributed by atoms with Gasteiger partial charge in [0, 0.05) is 24.8 Å². The minimum absolute atomic E-state index is 0.0613. The number of fused-ring (bicyclic) bond motifs is 1. The average Bonchev–Trinajstić information content (AvgIpc) is 3.27. The molecule has 0 radical (unpaired) electrons. The fourth-order valence-corrected chi connectivity index (χ4v) is 3.80. The molecule has 0 aliphatic rings. The maximum atomic E-state index is 11.3. The summed E-state index contributed by atoms with van der Waals surface area (Å²) in [4.78, 5) is 16.2. The van der Waals surface area contributed by atoms with Crippen molar-refractivity contribution in [2.75, 3.05) is 13.7 Å². The van der Waals surface area contributed by atoms with Crippen molar-refractivity contribution in [3.63, 3.8) is 0 Å². The molecule has 0 bridgehead atoms. The van der Waals surface area contributed by atoms with E-state index in [1.165, 1.54) is 6.08 Å². The molecule has 3 aromatic carbocycles. The first-order chi connectivity index (χ1) is 17.1. The van der Waals surface area contributed by atoms with Crippen LogP contribution in [-0.2, 0) is 17.9 Å². The number of rotatable bonds is 10. The van der Waals surface area contributed by atoms with E-state index in [0.29, 0.717) is 31.1 Å². The van der Waals surface area contributed by atoms with E-state index in [1.807, 2.05) is 66.7 Å². The minimum Gasteiger partial charge on any atom is -0.493 e. The predicted molar refractivity (Wildman–Crippen MR) is 133 cm³/mol. The van der Waals surface area contributed by atoms with Gasteiger partial charge in [-0.25, -0.2) is 10.5 Å². The zero-order chi connectivity index (χ0) is 24.6. The molecular weight excluding hydrogens is 446 g/mol. The number of hydroxylamine groups is 1. The first-order valence-electron chi connectivity index (χ1n) is 11.2. The Hall–Kier alpha value is -4.14. The molecule has 0 atom stereocenters. The number of aryl methyl sites for hydroxylation is 1. The summed E-state index contributed by atoms with van der Waals surface area (Å²) < 4.78 is 13.6. The Morgan fingerprint density at radius 1 is 1.09 bits per heavy atom. The molecule has 1 heterocycles. The van der Waals surface area contributed by atoms with Crippen LogP contribution >= 0.6 is 0 Å². The molecule has 0 aliphatic carbocycles. The predicted octanol–water partition coefficient (Wildman–Crippen LogP) is 4.19. The third-order valence-electron chi connectivity index (χ3n) is 5.51. The van der Waals surface area contributed by atoms with Crippen LogP contribution < -0.4 is 15.0 Å². The number of nitrogens with zero attached hydrogens (tertiary/aromatic N) is 2. The number of carbonyl (C=O) groups excluding carboxylic acids is 1. The summed E-state index contributed by atoms with van der Waals surface area (Å²) in [6.07, 6.45) is 3.41. The standard InChI is InChI=1S/C27H27N3O5/c1-34-25-17-21(10-12-24(25)35-18-20-6-3-2-4-7-20)27-28-22-16-19(9-13-26(32)29-33)8-11-23(22)30(27)14-5-15-31/h2-4,6-13,16-17,31,33H,5,14-15,18H2,1H3,(H,29,32). The fourth-order valence-electron chi connectivity index (χ4n) is 3.80. The van der Waals surface area contributed by atoms with Gasteiger partial charge >= 0.3 is 0 Å². The number of aliphatic hydroxyl groups excluding tert-OH is 1. The van der Waals surface area contributed by atoms with Crippen LogP contribution in [0.4, 0.5) is 0 Å². The van der Waals surface area contributed by atoms with Crippen molar-refractivity contribution in [1.82, 2.24) is 15.0 Å². The molecule has 0 saturated heterocycles. The number of hydrogen-bond acceptors (Lipinski definition) is 6. The van der Waals surface area contributed by atoms with Crippen LogP contribution in [0.1, 0.15) is 17.5 Å². The maximum Gasteiger partial charge on any atom is 0.267 e. The lowest BCUT2D eigenvalue weighted by molar-refractivity contribution is -0.124. The van der Waals surface area contributed by atoms with Gasteiger partial charge in [-0.05, 0) is 54.0 Å². The smallest absolute Gasteiger partial charge is 0.267 e. The number of imidazole rings is 1. The lowest BCUT2D eigenvalue weighted by atomic mass is 10.1. The Morgan fingerprint density at radius 3 is 2.66 bits per heavy atom. The Kier molecular flexibility index (Phi) is 7.77. The molecule has 35 heavy (non-hydrogen) atoms. The van der Waals surface area contributed by atoms with E-state index in [1.54, 1.807) is 18.7 Å². The van der Waals surface area contributed by atoms with Gasteiger partial charge in [0.15, 0.2) is 11.5 Å². The molecule has 0 aliphatic heterocycles. The van der Waals surface area contributed by atoms with Gasteiger partial charge in [-0.15, -0.1) is 0 Å². The van der Waals surface area contributed by atoms with Gasteiger partial charge in [0.1, 0.15) is 12.4 Å². The van der Waals surface area contributed by atoms with Gasteiger partial charge in [0.2, 0.25) is 0 Å². The van der Waals surface area contributed by atoms with E-state index < -0.39 is 5.91 Å². The summed E-state index contributed by atoms with van der Waals surface area (Å²) >= 11 is 0.